The summed E-state index contributed by atoms with van der Waals surface area (Å²) in [6.07, 6.45) is 5.27. The van der Waals surface area contributed by atoms with Crippen LogP contribution in [-0.4, -0.2) is 31.1 Å². The van der Waals surface area contributed by atoms with Crippen LogP contribution in [0.2, 0.25) is 0 Å². The molecular weight excluding hydrogens is 394 g/mol. The van der Waals surface area contributed by atoms with Crippen LogP contribution < -0.4 is 4.90 Å². The van der Waals surface area contributed by atoms with Gasteiger partial charge in [-0.25, -0.2) is 9.48 Å². The molecule has 8 heteroatoms. The van der Waals surface area contributed by atoms with Gasteiger partial charge in [-0.3, -0.25) is 9.69 Å². The Kier molecular flexibility index (Phi) is 4.81. The number of amides is 1. The molecule has 28 heavy (non-hydrogen) atoms. The first kappa shape index (κ1) is 18.1. The fourth-order valence-electron chi connectivity index (χ4n) is 2.73. The molecule has 1 saturated heterocycles. The van der Waals surface area contributed by atoms with Gasteiger partial charge in [0.25, 0.3) is 5.91 Å². The zero-order chi connectivity index (χ0) is 19.7. The summed E-state index contributed by atoms with van der Waals surface area (Å²) in [6.45, 7) is 0. The van der Waals surface area contributed by atoms with Gasteiger partial charge in [0.1, 0.15) is 0 Å². The highest BCUT2D eigenvalue weighted by atomic mass is 32.2. The molecule has 0 radical (unpaired) electrons. The van der Waals surface area contributed by atoms with Gasteiger partial charge in [-0.15, -0.1) is 0 Å². The van der Waals surface area contributed by atoms with E-state index in [9.17, 15) is 9.59 Å². The number of benzene rings is 2. The van der Waals surface area contributed by atoms with E-state index in [1.807, 2.05) is 36.5 Å². The van der Waals surface area contributed by atoms with E-state index in [4.69, 9.17) is 17.3 Å². The number of aromatic carboxylic acids is 1. The van der Waals surface area contributed by atoms with E-state index in [2.05, 4.69) is 5.10 Å². The number of hydrogen-bond donors (Lipinski definition) is 1. The Morgan fingerprint density at radius 1 is 1.07 bits per heavy atom. The molecule has 0 spiro atoms. The summed E-state index contributed by atoms with van der Waals surface area (Å²) in [6, 6.07) is 15.7. The van der Waals surface area contributed by atoms with Crippen LogP contribution in [0.5, 0.6) is 0 Å². The van der Waals surface area contributed by atoms with Crippen molar-refractivity contribution in [2.45, 2.75) is 0 Å². The molecule has 0 bridgehead atoms. The molecule has 0 aliphatic carbocycles. The maximum atomic E-state index is 12.8. The lowest BCUT2D eigenvalue weighted by atomic mass is 10.2. The van der Waals surface area contributed by atoms with Crippen molar-refractivity contribution in [1.29, 1.82) is 0 Å². The van der Waals surface area contributed by atoms with Gasteiger partial charge in [-0.05, 0) is 42.5 Å². The van der Waals surface area contributed by atoms with Crippen LogP contribution in [0, 0.1) is 0 Å². The number of carbonyl (C=O) groups is 2. The Hall–Kier alpha value is -3.23. The summed E-state index contributed by atoms with van der Waals surface area (Å²) in [5.41, 5.74) is 2.40. The maximum Gasteiger partial charge on any atom is 0.335 e. The van der Waals surface area contributed by atoms with E-state index in [0.717, 1.165) is 11.3 Å². The number of rotatable bonds is 4. The van der Waals surface area contributed by atoms with Gasteiger partial charge in [0.2, 0.25) is 0 Å². The minimum atomic E-state index is -1.02. The predicted octanol–water partition coefficient (Wildman–Crippen LogP) is 3.98. The molecule has 2 aromatic carbocycles. The van der Waals surface area contributed by atoms with Crippen molar-refractivity contribution in [3.05, 3.63) is 83.0 Å². The van der Waals surface area contributed by atoms with Gasteiger partial charge >= 0.3 is 5.97 Å². The molecule has 1 N–H and O–H groups in total. The van der Waals surface area contributed by atoms with E-state index in [-0.39, 0.29) is 11.5 Å². The lowest BCUT2D eigenvalue weighted by Crippen LogP contribution is -2.27. The molecule has 2 heterocycles. The molecule has 3 aromatic rings. The number of thioether (sulfide) groups is 1. The summed E-state index contributed by atoms with van der Waals surface area (Å²) < 4.78 is 2.13. The van der Waals surface area contributed by atoms with E-state index in [0.29, 0.717) is 14.9 Å². The van der Waals surface area contributed by atoms with Crippen molar-refractivity contribution in [2.24, 2.45) is 0 Å². The summed E-state index contributed by atoms with van der Waals surface area (Å²) in [5, 5.41) is 13.3. The third kappa shape index (κ3) is 3.47. The first-order valence-electron chi connectivity index (χ1n) is 8.24. The number of hydrogen-bond acceptors (Lipinski definition) is 5. The predicted molar refractivity (Wildman–Crippen MR) is 113 cm³/mol. The number of anilines is 1. The van der Waals surface area contributed by atoms with Crippen LogP contribution in [0.3, 0.4) is 0 Å². The summed E-state index contributed by atoms with van der Waals surface area (Å²) in [5.74, 6) is -1.27. The average molecular weight is 407 g/mol. The molecule has 0 atom stereocenters. The Morgan fingerprint density at radius 2 is 1.79 bits per heavy atom. The highest BCUT2D eigenvalue weighted by Gasteiger charge is 2.33. The monoisotopic (exact) mass is 407 g/mol. The minimum absolute atomic E-state index is 0.151. The largest absolute Gasteiger partial charge is 0.478 e. The second-order valence-corrected chi connectivity index (χ2v) is 7.60. The van der Waals surface area contributed by atoms with Gasteiger partial charge in [0.05, 0.1) is 28.0 Å². The summed E-state index contributed by atoms with van der Waals surface area (Å²) in [4.78, 5) is 25.7. The van der Waals surface area contributed by atoms with Crippen molar-refractivity contribution in [3.8, 4) is 5.69 Å². The highest BCUT2D eigenvalue weighted by Crippen LogP contribution is 2.36. The quantitative estimate of drug-likeness (QED) is 0.521. The minimum Gasteiger partial charge on any atom is -0.478 e. The molecule has 1 amide bonds. The fraction of sp³-hybridized carbons (Fsp3) is 0. The standard InChI is InChI=1S/C20H13N3O3S2/c24-18-17(10-13-11-21-22(12-13)15-4-2-1-3-5-15)28-20(27)23(18)16-8-6-14(7-9-16)19(25)26/h1-12H,(H,25,26)/b17-10+. The summed E-state index contributed by atoms with van der Waals surface area (Å²) in [7, 11) is 0. The van der Waals surface area contributed by atoms with Gasteiger partial charge in [0.15, 0.2) is 4.32 Å². The van der Waals surface area contributed by atoms with Crippen molar-refractivity contribution in [3.63, 3.8) is 0 Å². The van der Waals surface area contributed by atoms with Crippen LogP contribution in [-0.2, 0) is 4.79 Å². The zero-order valence-electron chi connectivity index (χ0n) is 14.4. The van der Waals surface area contributed by atoms with Crippen molar-refractivity contribution >= 4 is 51.9 Å². The molecule has 1 aliphatic rings. The van der Waals surface area contributed by atoms with Crippen molar-refractivity contribution < 1.29 is 14.7 Å². The molecule has 138 valence electrons. The fourth-order valence-corrected chi connectivity index (χ4v) is 4.03. The van der Waals surface area contributed by atoms with Gasteiger partial charge in [-0.2, -0.15) is 5.10 Å². The van der Waals surface area contributed by atoms with E-state index in [1.165, 1.54) is 28.8 Å². The Labute approximate surface area is 170 Å². The number of carboxylic acid groups (broad SMARTS) is 1. The van der Waals surface area contributed by atoms with Crippen molar-refractivity contribution in [1.82, 2.24) is 9.78 Å². The molecule has 4 rings (SSSR count). The smallest absolute Gasteiger partial charge is 0.335 e. The van der Waals surface area contributed by atoms with Crippen molar-refractivity contribution in [2.75, 3.05) is 4.90 Å². The second kappa shape index (κ2) is 7.41. The second-order valence-electron chi connectivity index (χ2n) is 5.92. The SMILES string of the molecule is O=C(O)c1ccc(N2C(=O)/C(=C\c3cnn(-c4ccccc4)c3)SC2=S)cc1. The van der Waals surface area contributed by atoms with Gasteiger partial charge < -0.3 is 5.11 Å². The zero-order valence-corrected chi connectivity index (χ0v) is 16.0. The number of aromatic nitrogens is 2. The lowest BCUT2D eigenvalue weighted by Gasteiger charge is -2.14. The summed E-state index contributed by atoms with van der Waals surface area (Å²) >= 11 is 6.55. The third-order valence-electron chi connectivity index (χ3n) is 4.09. The number of para-hydroxylation sites is 1. The molecule has 0 unspecified atom stereocenters. The topological polar surface area (TPSA) is 75.4 Å². The van der Waals surface area contributed by atoms with Gasteiger partial charge in [0, 0.05) is 11.8 Å². The van der Waals surface area contributed by atoms with Crippen LogP contribution in [0.25, 0.3) is 11.8 Å². The highest BCUT2D eigenvalue weighted by molar-refractivity contribution is 8.27. The number of nitrogens with zero attached hydrogens (tertiary/aromatic N) is 3. The molecule has 1 aliphatic heterocycles. The number of carbonyl (C=O) groups excluding carboxylic acids is 1. The van der Waals surface area contributed by atoms with Crippen LogP contribution in [0.15, 0.2) is 71.9 Å². The molecular formula is C20H13N3O3S2. The first-order chi connectivity index (χ1) is 13.5. The van der Waals surface area contributed by atoms with E-state index >= 15 is 0 Å². The Morgan fingerprint density at radius 3 is 2.46 bits per heavy atom. The Bertz CT molecular complexity index is 1110. The number of thiocarbonyl (C=S) groups is 1. The first-order valence-corrected chi connectivity index (χ1v) is 9.47. The third-order valence-corrected chi connectivity index (χ3v) is 5.39. The molecule has 6 nitrogen and oxygen atoms in total. The normalized spacial score (nSPS) is 15.4. The van der Waals surface area contributed by atoms with Crippen LogP contribution in [0.1, 0.15) is 15.9 Å². The van der Waals surface area contributed by atoms with Gasteiger partial charge in [-0.1, -0.05) is 42.2 Å². The number of carboxylic acids is 1. The lowest BCUT2D eigenvalue weighted by molar-refractivity contribution is -0.113. The van der Waals surface area contributed by atoms with E-state index < -0.39 is 5.97 Å². The molecule has 1 fully saturated rings. The average Bonchev–Trinajstić information content (AvgIpc) is 3.27. The van der Waals surface area contributed by atoms with Crippen LogP contribution >= 0.6 is 24.0 Å². The molecule has 0 saturated carbocycles. The molecule has 1 aromatic heterocycles. The van der Waals surface area contributed by atoms with Crippen LogP contribution in [0.4, 0.5) is 5.69 Å². The van der Waals surface area contributed by atoms with E-state index in [1.54, 1.807) is 29.1 Å². The Balaban J connectivity index is 1.59. The maximum absolute atomic E-state index is 12.8.